The molecule has 4 rings (SSSR count). The van der Waals surface area contributed by atoms with E-state index in [9.17, 15) is 9.59 Å². The van der Waals surface area contributed by atoms with Gasteiger partial charge in [0.1, 0.15) is 17.2 Å². The Labute approximate surface area is 168 Å². The van der Waals surface area contributed by atoms with Crippen LogP contribution in [0.1, 0.15) is 24.2 Å². The standard InChI is InChI=1S/C23H20N2O4/c1-15-20(25-21(28-15)18-8-3-2-4-9-18)17-13-11-16(12-14-17)7-5-6-10-19-22(26)29-23(27)24-19/h2-4,8-14H,5-7H2,1H3,(H,24,27). The van der Waals surface area contributed by atoms with Gasteiger partial charge in [0.2, 0.25) is 5.89 Å². The first-order valence-electron chi connectivity index (χ1n) is 9.45. The zero-order chi connectivity index (χ0) is 20.2. The first-order valence-corrected chi connectivity index (χ1v) is 9.45. The van der Waals surface area contributed by atoms with E-state index in [0.29, 0.717) is 12.3 Å². The van der Waals surface area contributed by atoms with Gasteiger partial charge in [-0.3, -0.25) is 5.32 Å². The van der Waals surface area contributed by atoms with Crippen molar-refractivity contribution in [1.82, 2.24) is 10.3 Å². The average Bonchev–Trinajstić information content (AvgIpc) is 3.28. The zero-order valence-corrected chi connectivity index (χ0v) is 16.0. The average molecular weight is 388 g/mol. The number of carbonyl (C=O) groups is 2. The molecule has 6 heteroatoms. The number of rotatable bonds is 6. The van der Waals surface area contributed by atoms with Gasteiger partial charge >= 0.3 is 12.1 Å². The van der Waals surface area contributed by atoms with Gasteiger partial charge in [0.25, 0.3) is 0 Å². The fourth-order valence-electron chi connectivity index (χ4n) is 3.21. The van der Waals surface area contributed by atoms with Crippen LogP contribution in [-0.4, -0.2) is 17.0 Å². The van der Waals surface area contributed by atoms with Gasteiger partial charge in [-0.05, 0) is 43.9 Å². The van der Waals surface area contributed by atoms with Crippen molar-refractivity contribution in [1.29, 1.82) is 0 Å². The van der Waals surface area contributed by atoms with Gasteiger partial charge in [-0.1, -0.05) is 48.5 Å². The predicted octanol–water partition coefficient (Wildman–Crippen LogP) is 4.79. The van der Waals surface area contributed by atoms with Gasteiger partial charge in [-0.25, -0.2) is 14.6 Å². The maximum Gasteiger partial charge on any atom is 0.419 e. The number of esters is 1. The molecular weight excluding hydrogens is 368 g/mol. The van der Waals surface area contributed by atoms with Crippen molar-refractivity contribution in [2.45, 2.75) is 26.2 Å². The molecule has 1 saturated heterocycles. The number of allylic oxidation sites excluding steroid dienone is 1. The highest BCUT2D eigenvalue weighted by Gasteiger charge is 2.25. The Hall–Kier alpha value is -3.67. The van der Waals surface area contributed by atoms with Crippen LogP contribution in [0.3, 0.4) is 0 Å². The van der Waals surface area contributed by atoms with E-state index in [1.807, 2.05) is 49.4 Å². The number of ether oxygens (including phenoxy) is 1. The van der Waals surface area contributed by atoms with Crippen LogP contribution in [0.25, 0.3) is 22.7 Å². The third-order valence-electron chi connectivity index (χ3n) is 4.70. The largest absolute Gasteiger partial charge is 0.441 e. The van der Waals surface area contributed by atoms with Crippen molar-refractivity contribution < 1.29 is 18.7 Å². The number of aromatic nitrogens is 1. The summed E-state index contributed by atoms with van der Waals surface area (Å²) in [6, 6.07) is 18.1. The van der Waals surface area contributed by atoms with E-state index in [1.54, 1.807) is 6.08 Å². The quantitative estimate of drug-likeness (QED) is 0.284. The van der Waals surface area contributed by atoms with Gasteiger partial charge in [0, 0.05) is 11.1 Å². The Morgan fingerprint density at radius 2 is 1.76 bits per heavy atom. The van der Waals surface area contributed by atoms with E-state index in [1.165, 1.54) is 5.56 Å². The maximum absolute atomic E-state index is 11.4. The molecule has 2 aromatic carbocycles. The van der Waals surface area contributed by atoms with Crippen LogP contribution in [-0.2, 0) is 16.0 Å². The summed E-state index contributed by atoms with van der Waals surface area (Å²) >= 11 is 0. The molecule has 29 heavy (non-hydrogen) atoms. The fourth-order valence-corrected chi connectivity index (χ4v) is 3.21. The number of amides is 1. The smallest absolute Gasteiger partial charge is 0.419 e. The van der Waals surface area contributed by atoms with Crippen molar-refractivity contribution in [3.63, 3.8) is 0 Å². The second kappa shape index (κ2) is 8.14. The van der Waals surface area contributed by atoms with Crippen LogP contribution < -0.4 is 5.32 Å². The number of hydrogen-bond donors (Lipinski definition) is 1. The molecule has 1 fully saturated rings. The summed E-state index contributed by atoms with van der Waals surface area (Å²) in [4.78, 5) is 27.0. The molecule has 1 amide bonds. The van der Waals surface area contributed by atoms with Crippen LogP contribution in [0, 0.1) is 6.92 Å². The molecule has 0 unspecified atom stereocenters. The number of oxazole rings is 1. The molecule has 1 aromatic heterocycles. The number of hydrogen-bond acceptors (Lipinski definition) is 5. The van der Waals surface area contributed by atoms with Crippen molar-refractivity contribution in [2.75, 3.05) is 0 Å². The molecular formula is C23H20N2O4. The fraction of sp³-hybridized carbons (Fsp3) is 0.174. The van der Waals surface area contributed by atoms with Gasteiger partial charge in [-0.2, -0.15) is 0 Å². The molecule has 0 spiro atoms. The normalized spacial score (nSPS) is 14.9. The van der Waals surface area contributed by atoms with E-state index >= 15 is 0 Å². The topological polar surface area (TPSA) is 81.4 Å². The Morgan fingerprint density at radius 1 is 1.00 bits per heavy atom. The number of nitrogens with one attached hydrogen (secondary N) is 1. The van der Waals surface area contributed by atoms with E-state index in [4.69, 9.17) is 4.42 Å². The second-order valence-electron chi connectivity index (χ2n) is 6.80. The third kappa shape index (κ3) is 4.27. The first kappa shape index (κ1) is 18.7. The summed E-state index contributed by atoms with van der Waals surface area (Å²) in [5.41, 5.74) is 4.22. The van der Waals surface area contributed by atoms with Crippen LogP contribution in [0.2, 0.25) is 0 Å². The number of carbonyl (C=O) groups excluding carboxylic acids is 2. The lowest BCUT2D eigenvalue weighted by atomic mass is 10.0. The third-order valence-corrected chi connectivity index (χ3v) is 4.70. The summed E-state index contributed by atoms with van der Waals surface area (Å²) in [6.45, 7) is 1.92. The second-order valence-corrected chi connectivity index (χ2v) is 6.80. The molecule has 1 aliphatic rings. The van der Waals surface area contributed by atoms with E-state index < -0.39 is 12.1 Å². The molecule has 0 radical (unpaired) electrons. The van der Waals surface area contributed by atoms with Gasteiger partial charge < -0.3 is 9.15 Å². The van der Waals surface area contributed by atoms with Crippen LogP contribution in [0.4, 0.5) is 4.79 Å². The number of unbranched alkanes of at least 4 members (excludes halogenated alkanes) is 1. The Balaban J connectivity index is 1.38. The molecule has 0 aliphatic carbocycles. The van der Waals surface area contributed by atoms with Crippen molar-refractivity contribution in [2.24, 2.45) is 0 Å². The van der Waals surface area contributed by atoms with Gasteiger partial charge in [0.15, 0.2) is 0 Å². The minimum Gasteiger partial charge on any atom is -0.441 e. The highest BCUT2D eigenvalue weighted by atomic mass is 16.6. The molecule has 0 atom stereocenters. The molecule has 0 bridgehead atoms. The van der Waals surface area contributed by atoms with Crippen molar-refractivity contribution in [3.8, 4) is 22.7 Å². The SMILES string of the molecule is Cc1oc(-c2ccccc2)nc1-c1ccc(CCCC=C2NC(=O)OC2=O)cc1. The molecule has 1 N–H and O–H groups in total. The van der Waals surface area contributed by atoms with Crippen LogP contribution in [0.15, 0.2) is 70.8 Å². The highest BCUT2D eigenvalue weighted by Crippen LogP contribution is 2.28. The lowest BCUT2D eigenvalue weighted by molar-refractivity contribution is -0.130. The first-order chi connectivity index (χ1) is 14.1. The highest BCUT2D eigenvalue weighted by molar-refractivity contribution is 6.03. The Bertz CT molecular complexity index is 1070. The summed E-state index contributed by atoms with van der Waals surface area (Å²) in [7, 11) is 0. The molecule has 3 aromatic rings. The van der Waals surface area contributed by atoms with Crippen LogP contribution in [0.5, 0.6) is 0 Å². The van der Waals surface area contributed by atoms with E-state index in [2.05, 4.69) is 27.2 Å². The van der Waals surface area contributed by atoms with E-state index in [-0.39, 0.29) is 5.70 Å². The molecule has 146 valence electrons. The number of benzene rings is 2. The van der Waals surface area contributed by atoms with Gasteiger partial charge in [0.05, 0.1) is 0 Å². The lowest BCUT2D eigenvalue weighted by Crippen LogP contribution is -2.11. The lowest BCUT2D eigenvalue weighted by Gasteiger charge is -2.02. The van der Waals surface area contributed by atoms with Crippen molar-refractivity contribution in [3.05, 3.63) is 77.7 Å². The van der Waals surface area contributed by atoms with Crippen LogP contribution >= 0.6 is 0 Å². The van der Waals surface area contributed by atoms with E-state index in [0.717, 1.165) is 35.4 Å². The summed E-state index contributed by atoms with van der Waals surface area (Å²) in [5.74, 6) is 0.790. The number of cyclic esters (lactones) is 2. The molecule has 0 saturated carbocycles. The maximum atomic E-state index is 11.4. The Morgan fingerprint density at radius 3 is 2.45 bits per heavy atom. The molecule has 6 nitrogen and oxygen atoms in total. The summed E-state index contributed by atoms with van der Waals surface area (Å²) < 4.78 is 10.3. The van der Waals surface area contributed by atoms with Gasteiger partial charge in [-0.15, -0.1) is 0 Å². The number of aryl methyl sites for hydroxylation is 2. The summed E-state index contributed by atoms with van der Waals surface area (Å²) in [5, 5.41) is 2.38. The number of alkyl carbamates (subject to hydrolysis) is 1. The summed E-state index contributed by atoms with van der Waals surface area (Å²) in [6.07, 6.45) is 3.38. The molecule has 1 aliphatic heterocycles. The molecule has 2 heterocycles. The zero-order valence-electron chi connectivity index (χ0n) is 16.0. The van der Waals surface area contributed by atoms with Crippen molar-refractivity contribution >= 4 is 12.1 Å². The number of nitrogens with zero attached hydrogens (tertiary/aromatic N) is 1. The Kier molecular flexibility index (Phi) is 5.24. The monoisotopic (exact) mass is 388 g/mol. The minimum atomic E-state index is -0.713. The predicted molar refractivity (Wildman–Crippen MR) is 108 cm³/mol. The minimum absolute atomic E-state index is 0.223.